The fourth-order valence-corrected chi connectivity index (χ4v) is 7.87. The van der Waals surface area contributed by atoms with Gasteiger partial charge in [-0.2, -0.15) is 0 Å². The van der Waals surface area contributed by atoms with Crippen molar-refractivity contribution in [2.75, 3.05) is 0 Å². The SMILES string of the molecule is CC(C)C1=C(C(=O)N2C(C(=O)O)CC[C@H]2C)SC2N[C@@](C)(c3ccc(Cl)cc3)[C@@H](c3ccc(Cl)c(F)c3)N12. The number of amides is 1. The van der Waals surface area contributed by atoms with E-state index in [4.69, 9.17) is 23.2 Å². The second-order valence-electron chi connectivity index (χ2n) is 10.7. The zero-order chi connectivity index (χ0) is 27.5. The Kier molecular flexibility index (Phi) is 7.22. The number of allylic oxidation sites excluding steroid dienone is 1. The standard InChI is InChI=1S/C28H30Cl2FN3O3S/c1-14(2)22-23(25(35)33-15(3)5-12-21(33)26(36)37)38-27-32-28(4,17-7-9-18(29)10-8-17)24(34(22)27)16-6-11-19(30)20(31)13-16/h6-11,13-15,21,24,27,32H,5,12H2,1-4H3,(H,36,37)/t15-,21?,24-,27?,28+/m1/s1. The van der Waals surface area contributed by atoms with E-state index in [1.807, 2.05) is 51.1 Å². The lowest BCUT2D eigenvalue weighted by molar-refractivity contribution is -0.147. The van der Waals surface area contributed by atoms with Crippen molar-refractivity contribution in [2.24, 2.45) is 5.92 Å². The van der Waals surface area contributed by atoms with Crippen LogP contribution in [-0.2, 0) is 15.1 Å². The molecule has 2 aromatic rings. The molecule has 0 aromatic heterocycles. The zero-order valence-electron chi connectivity index (χ0n) is 21.5. The summed E-state index contributed by atoms with van der Waals surface area (Å²) in [7, 11) is 0. The molecule has 3 aliphatic rings. The van der Waals surface area contributed by atoms with Crippen LogP contribution < -0.4 is 5.32 Å². The van der Waals surface area contributed by atoms with Gasteiger partial charge in [-0.1, -0.05) is 67.0 Å². The van der Waals surface area contributed by atoms with Crippen molar-refractivity contribution in [3.8, 4) is 0 Å². The number of hydrogen-bond acceptors (Lipinski definition) is 5. The normalized spacial score (nSPS) is 28.9. The lowest BCUT2D eigenvalue weighted by Gasteiger charge is -2.38. The van der Waals surface area contributed by atoms with E-state index < -0.39 is 23.4 Å². The van der Waals surface area contributed by atoms with Gasteiger partial charge in [0.15, 0.2) is 0 Å². The van der Waals surface area contributed by atoms with Crippen LogP contribution in [0.3, 0.4) is 0 Å². The first-order chi connectivity index (χ1) is 17.9. The summed E-state index contributed by atoms with van der Waals surface area (Å²) in [5.74, 6) is -1.82. The number of nitrogens with zero attached hydrogens (tertiary/aromatic N) is 2. The third-order valence-electron chi connectivity index (χ3n) is 7.87. The summed E-state index contributed by atoms with van der Waals surface area (Å²) in [4.78, 5) is 30.1. The summed E-state index contributed by atoms with van der Waals surface area (Å²) in [5.41, 5.74) is 1.51. The number of hydrogen-bond donors (Lipinski definition) is 2. The van der Waals surface area contributed by atoms with E-state index in [0.29, 0.717) is 28.3 Å². The molecule has 38 heavy (non-hydrogen) atoms. The maximum absolute atomic E-state index is 14.8. The number of benzene rings is 2. The molecule has 2 unspecified atom stereocenters. The molecule has 6 nitrogen and oxygen atoms in total. The molecule has 5 atom stereocenters. The Bertz CT molecular complexity index is 1320. The van der Waals surface area contributed by atoms with Gasteiger partial charge in [0.05, 0.1) is 21.5 Å². The van der Waals surface area contributed by atoms with E-state index in [-0.39, 0.29) is 34.4 Å². The van der Waals surface area contributed by atoms with Crippen molar-refractivity contribution in [3.05, 3.63) is 80.1 Å². The molecule has 0 aliphatic carbocycles. The van der Waals surface area contributed by atoms with Gasteiger partial charge in [-0.3, -0.25) is 10.1 Å². The smallest absolute Gasteiger partial charge is 0.326 e. The first-order valence-electron chi connectivity index (χ1n) is 12.7. The van der Waals surface area contributed by atoms with E-state index >= 15 is 0 Å². The van der Waals surface area contributed by atoms with Crippen molar-refractivity contribution in [2.45, 2.75) is 69.7 Å². The molecule has 2 N–H and O–H groups in total. The van der Waals surface area contributed by atoms with Gasteiger partial charge in [-0.25, -0.2) is 9.18 Å². The number of carboxylic acids is 1. The van der Waals surface area contributed by atoms with Gasteiger partial charge in [-0.05, 0) is 68.0 Å². The van der Waals surface area contributed by atoms with E-state index in [0.717, 1.165) is 11.3 Å². The number of nitrogens with one attached hydrogen (secondary N) is 1. The number of carbonyl (C=O) groups excluding carboxylic acids is 1. The van der Waals surface area contributed by atoms with Gasteiger partial charge in [-0.15, -0.1) is 0 Å². The van der Waals surface area contributed by atoms with E-state index in [9.17, 15) is 19.1 Å². The Morgan fingerprint density at radius 3 is 2.45 bits per heavy atom. The van der Waals surface area contributed by atoms with Gasteiger partial charge >= 0.3 is 5.97 Å². The Morgan fingerprint density at radius 1 is 1.16 bits per heavy atom. The molecule has 2 fully saturated rings. The molecule has 2 saturated heterocycles. The molecule has 1 amide bonds. The van der Waals surface area contributed by atoms with Crippen molar-refractivity contribution >= 4 is 46.8 Å². The number of rotatable bonds is 5. The number of aliphatic carboxylic acids is 1. The van der Waals surface area contributed by atoms with Crippen LogP contribution in [0, 0.1) is 11.7 Å². The topological polar surface area (TPSA) is 72.9 Å². The van der Waals surface area contributed by atoms with E-state index in [2.05, 4.69) is 17.1 Å². The van der Waals surface area contributed by atoms with Crippen LogP contribution in [0.15, 0.2) is 53.1 Å². The van der Waals surface area contributed by atoms with Crippen LogP contribution in [0.5, 0.6) is 0 Å². The molecule has 0 bridgehead atoms. The summed E-state index contributed by atoms with van der Waals surface area (Å²) < 4.78 is 14.8. The molecule has 3 heterocycles. The summed E-state index contributed by atoms with van der Waals surface area (Å²) in [6.07, 6.45) is 1.08. The minimum Gasteiger partial charge on any atom is -0.480 e. The second-order valence-corrected chi connectivity index (χ2v) is 12.6. The predicted molar refractivity (Wildman–Crippen MR) is 148 cm³/mol. The highest BCUT2D eigenvalue weighted by Crippen LogP contribution is 2.56. The fourth-order valence-electron chi connectivity index (χ4n) is 6.08. The number of fused-ring (bicyclic) bond motifs is 1. The molecular formula is C28H30Cl2FN3O3S. The molecular weight excluding hydrogens is 548 g/mol. The number of likely N-dealkylation sites (tertiary alicyclic amines) is 1. The predicted octanol–water partition coefficient (Wildman–Crippen LogP) is 6.36. The summed E-state index contributed by atoms with van der Waals surface area (Å²) in [6, 6.07) is 11.0. The van der Waals surface area contributed by atoms with Crippen LogP contribution in [0.25, 0.3) is 0 Å². The summed E-state index contributed by atoms with van der Waals surface area (Å²) in [6.45, 7) is 8.00. The highest BCUT2D eigenvalue weighted by Gasteiger charge is 2.56. The van der Waals surface area contributed by atoms with Crippen molar-refractivity contribution in [1.82, 2.24) is 15.1 Å². The minimum atomic E-state index is -0.985. The van der Waals surface area contributed by atoms with Crippen molar-refractivity contribution in [1.29, 1.82) is 0 Å². The van der Waals surface area contributed by atoms with Crippen molar-refractivity contribution < 1.29 is 19.1 Å². The lowest BCUT2D eigenvalue weighted by atomic mass is 9.81. The highest BCUT2D eigenvalue weighted by atomic mass is 35.5. The van der Waals surface area contributed by atoms with Gasteiger partial charge in [0, 0.05) is 16.8 Å². The van der Waals surface area contributed by atoms with Crippen LogP contribution in [0.4, 0.5) is 4.39 Å². The summed E-state index contributed by atoms with van der Waals surface area (Å²) in [5, 5.41) is 14.2. The van der Waals surface area contributed by atoms with Gasteiger partial charge in [0.2, 0.25) is 0 Å². The first-order valence-corrected chi connectivity index (χ1v) is 14.3. The monoisotopic (exact) mass is 577 g/mol. The van der Waals surface area contributed by atoms with Gasteiger partial charge < -0.3 is 14.9 Å². The molecule has 5 rings (SSSR count). The molecule has 2 aromatic carbocycles. The van der Waals surface area contributed by atoms with Gasteiger partial charge in [0.1, 0.15) is 17.4 Å². The summed E-state index contributed by atoms with van der Waals surface area (Å²) >= 11 is 13.6. The quantitative estimate of drug-likeness (QED) is 0.431. The van der Waals surface area contributed by atoms with Crippen LogP contribution in [0.2, 0.25) is 10.0 Å². The Balaban J connectivity index is 1.65. The number of carbonyl (C=O) groups is 2. The largest absolute Gasteiger partial charge is 0.480 e. The number of halogens is 3. The van der Waals surface area contributed by atoms with Gasteiger partial charge in [0.25, 0.3) is 5.91 Å². The van der Waals surface area contributed by atoms with Crippen LogP contribution >= 0.6 is 35.0 Å². The molecule has 0 spiro atoms. The number of thioether (sulfide) groups is 1. The average molecular weight is 579 g/mol. The van der Waals surface area contributed by atoms with Crippen LogP contribution in [0.1, 0.15) is 57.7 Å². The second kappa shape index (κ2) is 10.0. The molecule has 10 heteroatoms. The minimum absolute atomic E-state index is 0.0403. The fraction of sp³-hybridized carbons (Fsp3) is 0.429. The Hall–Kier alpha value is -2.26. The molecule has 0 radical (unpaired) electrons. The van der Waals surface area contributed by atoms with E-state index in [1.165, 1.54) is 22.7 Å². The highest BCUT2D eigenvalue weighted by molar-refractivity contribution is 8.04. The third kappa shape index (κ3) is 4.39. The maximum atomic E-state index is 14.8. The molecule has 202 valence electrons. The van der Waals surface area contributed by atoms with E-state index in [1.54, 1.807) is 6.07 Å². The van der Waals surface area contributed by atoms with Crippen LogP contribution in [-0.4, -0.2) is 44.4 Å². The first kappa shape index (κ1) is 27.3. The maximum Gasteiger partial charge on any atom is 0.326 e. The molecule has 3 aliphatic heterocycles. The zero-order valence-corrected chi connectivity index (χ0v) is 23.9. The van der Waals surface area contributed by atoms with Crippen molar-refractivity contribution in [3.63, 3.8) is 0 Å². The lowest BCUT2D eigenvalue weighted by Crippen LogP contribution is -2.45. The third-order valence-corrected chi connectivity index (χ3v) is 9.62. The Labute approximate surface area is 236 Å². The average Bonchev–Trinajstić information content (AvgIpc) is 3.50. The molecule has 0 saturated carbocycles. The Morgan fingerprint density at radius 2 is 1.84 bits per heavy atom. The number of carboxylic acid groups (broad SMARTS) is 1.